The van der Waals surface area contributed by atoms with Gasteiger partial charge in [-0.2, -0.15) is 0 Å². The second kappa shape index (κ2) is 8.07. The van der Waals surface area contributed by atoms with E-state index in [1.54, 1.807) is 6.20 Å². The van der Waals surface area contributed by atoms with E-state index in [0.717, 1.165) is 44.6 Å². The number of hydrogen-bond acceptors (Lipinski definition) is 5. The lowest BCUT2D eigenvalue weighted by Gasteiger charge is -2.44. The molecule has 2 saturated heterocycles. The number of aromatic nitrogens is 2. The van der Waals surface area contributed by atoms with Crippen molar-refractivity contribution in [2.75, 3.05) is 26.2 Å². The van der Waals surface area contributed by atoms with Crippen LogP contribution in [0.15, 0.2) is 12.4 Å². The monoisotopic (exact) mass is 324 g/mol. The van der Waals surface area contributed by atoms with Gasteiger partial charge in [0.05, 0.1) is 13.2 Å². The van der Waals surface area contributed by atoms with E-state index < -0.39 is 0 Å². The number of hydrogen-bond donors (Lipinski definition) is 3. The van der Waals surface area contributed by atoms with Gasteiger partial charge in [0, 0.05) is 25.5 Å². The second-order valence-electron chi connectivity index (χ2n) is 5.82. The van der Waals surface area contributed by atoms with E-state index in [1.807, 2.05) is 11.1 Å². The molecule has 1 spiro atoms. The number of nitrogens with zero attached hydrogens (tertiary/aromatic N) is 3. The number of rotatable bonds is 4. The molecule has 1 unspecified atom stereocenters. The summed E-state index contributed by atoms with van der Waals surface area (Å²) in [5, 5.41) is 16.0. The van der Waals surface area contributed by atoms with Crippen molar-refractivity contribution in [3.63, 3.8) is 0 Å². The summed E-state index contributed by atoms with van der Waals surface area (Å²) in [6, 6.07) is 0. The summed E-state index contributed by atoms with van der Waals surface area (Å²) in [5.41, 5.74) is -0.361. The maximum Gasteiger partial charge on any atom is 0.290 e. The van der Waals surface area contributed by atoms with E-state index in [9.17, 15) is 4.79 Å². The standard InChI is InChI=1S/C14H22N4O2.CH2O2/c19-10-9-17-7-1-3-14(13(17)20)4-2-8-18(14)11-12-15-5-6-16-12;2-1-3/h5-6,19H,1-4,7-11H2,(H,15,16);1H,(H,2,3). The van der Waals surface area contributed by atoms with E-state index in [1.165, 1.54) is 0 Å². The molecule has 0 saturated carbocycles. The number of carbonyl (C=O) groups excluding carboxylic acids is 1. The lowest BCUT2D eigenvalue weighted by atomic mass is 9.85. The number of piperidine rings is 1. The molecule has 8 heteroatoms. The number of aliphatic hydroxyl groups excluding tert-OH is 1. The minimum atomic E-state index is -0.361. The third-order valence-corrected chi connectivity index (χ3v) is 4.59. The molecule has 0 aromatic carbocycles. The number of likely N-dealkylation sites (tertiary alicyclic amines) is 2. The Labute approximate surface area is 135 Å². The first-order valence-electron chi connectivity index (χ1n) is 7.89. The van der Waals surface area contributed by atoms with Crippen molar-refractivity contribution < 1.29 is 19.8 Å². The van der Waals surface area contributed by atoms with Gasteiger partial charge in [0.15, 0.2) is 0 Å². The molecule has 0 aliphatic carbocycles. The van der Waals surface area contributed by atoms with Gasteiger partial charge < -0.3 is 20.1 Å². The van der Waals surface area contributed by atoms with Crippen LogP contribution in [0.4, 0.5) is 0 Å². The summed E-state index contributed by atoms with van der Waals surface area (Å²) < 4.78 is 0. The zero-order chi connectivity index (χ0) is 16.7. The first kappa shape index (κ1) is 17.4. The number of carbonyl (C=O) groups is 2. The minimum absolute atomic E-state index is 0.0417. The number of carboxylic acid groups (broad SMARTS) is 1. The van der Waals surface area contributed by atoms with Gasteiger partial charge in [-0.1, -0.05) is 0 Å². The summed E-state index contributed by atoms with van der Waals surface area (Å²) in [7, 11) is 0. The molecule has 128 valence electrons. The largest absolute Gasteiger partial charge is 0.483 e. The average Bonchev–Trinajstić information content (AvgIpc) is 3.17. The van der Waals surface area contributed by atoms with Gasteiger partial charge in [0.2, 0.25) is 5.91 Å². The normalized spacial score (nSPS) is 24.6. The highest BCUT2D eigenvalue weighted by Crippen LogP contribution is 2.38. The Kier molecular flexibility index (Phi) is 6.12. The van der Waals surface area contributed by atoms with Crippen LogP contribution in [0.2, 0.25) is 0 Å². The molecule has 2 fully saturated rings. The number of nitrogens with one attached hydrogen (secondary N) is 1. The third kappa shape index (κ3) is 3.70. The zero-order valence-corrected chi connectivity index (χ0v) is 13.1. The number of amides is 1. The Balaban J connectivity index is 0.000000595. The Morgan fingerprint density at radius 2 is 2.04 bits per heavy atom. The Morgan fingerprint density at radius 3 is 2.65 bits per heavy atom. The van der Waals surface area contributed by atoms with Crippen LogP contribution in [0.3, 0.4) is 0 Å². The number of imidazole rings is 1. The van der Waals surface area contributed by atoms with Crippen molar-refractivity contribution in [1.82, 2.24) is 19.8 Å². The number of H-pyrrole nitrogens is 1. The summed E-state index contributed by atoms with van der Waals surface area (Å²) >= 11 is 0. The van der Waals surface area contributed by atoms with Gasteiger partial charge in [-0.25, -0.2) is 4.98 Å². The minimum Gasteiger partial charge on any atom is -0.483 e. The Hall–Kier alpha value is -1.93. The molecule has 2 aliphatic heterocycles. The SMILES string of the molecule is O=C1N(CCO)CCCC12CCCN2Cc1ncc[nH]1.O=CO. The zero-order valence-electron chi connectivity index (χ0n) is 13.1. The summed E-state index contributed by atoms with van der Waals surface area (Å²) in [4.78, 5) is 32.7. The van der Waals surface area contributed by atoms with Crippen molar-refractivity contribution in [1.29, 1.82) is 0 Å². The topological polar surface area (TPSA) is 110 Å². The van der Waals surface area contributed by atoms with Crippen LogP contribution in [-0.4, -0.2) is 74.1 Å². The van der Waals surface area contributed by atoms with Crippen molar-refractivity contribution in [3.8, 4) is 0 Å². The molecule has 2 aliphatic rings. The quantitative estimate of drug-likeness (QED) is 0.676. The maximum absolute atomic E-state index is 12.8. The fourth-order valence-electron chi connectivity index (χ4n) is 3.65. The Bertz CT molecular complexity index is 506. The molecule has 0 radical (unpaired) electrons. The van der Waals surface area contributed by atoms with Gasteiger partial charge in [0.1, 0.15) is 11.4 Å². The second-order valence-corrected chi connectivity index (χ2v) is 5.82. The predicted molar refractivity (Wildman–Crippen MR) is 82.6 cm³/mol. The highest BCUT2D eigenvalue weighted by molar-refractivity contribution is 5.87. The number of β-amino-alcohol motifs (C(OH)–C–C–N with tert-alkyl or cyclic N) is 1. The van der Waals surface area contributed by atoms with Crippen LogP contribution in [0.25, 0.3) is 0 Å². The molecule has 8 nitrogen and oxygen atoms in total. The molecule has 23 heavy (non-hydrogen) atoms. The third-order valence-electron chi connectivity index (χ3n) is 4.59. The molecule has 1 aromatic heterocycles. The van der Waals surface area contributed by atoms with Crippen molar-refractivity contribution in [2.45, 2.75) is 37.8 Å². The van der Waals surface area contributed by atoms with Crippen molar-refractivity contribution in [2.24, 2.45) is 0 Å². The fourth-order valence-corrected chi connectivity index (χ4v) is 3.65. The molecular formula is C15H24N4O4. The van der Waals surface area contributed by atoms with Crippen LogP contribution >= 0.6 is 0 Å². The van der Waals surface area contributed by atoms with Gasteiger partial charge in [-0.05, 0) is 32.2 Å². The molecule has 3 heterocycles. The molecular weight excluding hydrogens is 300 g/mol. The van der Waals surface area contributed by atoms with Gasteiger partial charge in [0.25, 0.3) is 6.47 Å². The average molecular weight is 324 g/mol. The fraction of sp³-hybridized carbons (Fsp3) is 0.667. The molecule has 1 atom stereocenters. The lowest BCUT2D eigenvalue weighted by molar-refractivity contribution is -0.148. The van der Waals surface area contributed by atoms with Crippen molar-refractivity contribution >= 4 is 12.4 Å². The van der Waals surface area contributed by atoms with E-state index in [2.05, 4.69) is 14.9 Å². The van der Waals surface area contributed by atoms with Gasteiger partial charge >= 0.3 is 0 Å². The summed E-state index contributed by atoms with van der Waals surface area (Å²) in [5.74, 6) is 1.11. The van der Waals surface area contributed by atoms with Crippen LogP contribution < -0.4 is 0 Å². The van der Waals surface area contributed by atoms with Gasteiger partial charge in [-0.15, -0.1) is 0 Å². The molecule has 0 bridgehead atoms. The Morgan fingerprint density at radius 1 is 1.35 bits per heavy atom. The smallest absolute Gasteiger partial charge is 0.290 e. The maximum atomic E-state index is 12.8. The summed E-state index contributed by atoms with van der Waals surface area (Å²) in [6.45, 7) is 2.66. The van der Waals surface area contributed by atoms with E-state index in [4.69, 9.17) is 15.0 Å². The molecule has 1 amide bonds. The number of aromatic amines is 1. The van der Waals surface area contributed by atoms with Gasteiger partial charge in [-0.3, -0.25) is 14.5 Å². The number of aliphatic hydroxyl groups is 1. The van der Waals surface area contributed by atoms with E-state index >= 15 is 0 Å². The lowest BCUT2D eigenvalue weighted by Crippen LogP contribution is -2.60. The van der Waals surface area contributed by atoms with E-state index in [-0.39, 0.29) is 24.5 Å². The molecule has 3 rings (SSSR count). The highest BCUT2D eigenvalue weighted by atomic mass is 16.3. The van der Waals surface area contributed by atoms with E-state index in [0.29, 0.717) is 13.1 Å². The molecule has 1 aromatic rings. The van der Waals surface area contributed by atoms with Crippen LogP contribution in [-0.2, 0) is 16.1 Å². The molecule has 3 N–H and O–H groups in total. The first-order chi connectivity index (χ1) is 11.2. The summed E-state index contributed by atoms with van der Waals surface area (Å²) in [6.07, 6.45) is 7.49. The predicted octanol–water partition coefficient (Wildman–Crippen LogP) is 0.0598. The highest BCUT2D eigenvalue weighted by Gasteiger charge is 2.50. The van der Waals surface area contributed by atoms with Crippen molar-refractivity contribution in [3.05, 3.63) is 18.2 Å². The first-order valence-corrected chi connectivity index (χ1v) is 7.89. The van der Waals surface area contributed by atoms with Crippen LogP contribution in [0.1, 0.15) is 31.5 Å². The van der Waals surface area contributed by atoms with Crippen LogP contribution in [0, 0.1) is 0 Å². The van der Waals surface area contributed by atoms with Crippen LogP contribution in [0.5, 0.6) is 0 Å².